The van der Waals surface area contributed by atoms with Crippen LogP contribution in [0.25, 0.3) is 0 Å². The zero-order chi connectivity index (χ0) is 13.6. The molecule has 3 unspecified atom stereocenters. The molecule has 0 aliphatic carbocycles. The highest BCUT2D eigenvalue weighted by Gasteiger charge is 2.22. The molecular formula is C9H17N3O4S. The highest BCUT2D eigenvalue weighted by molar-refractivity contribution is 7.80. The molecule has 0 spiro atoms. The standard InChI is InChI=1S/C9H17N3O4S/c1-4(11-8(14)6(10)3-17)7(13)12-5(2)9(15)16/h4-6,17H,3,10H2,1-2H3,(H,11,14)(H,12,13)(H,15,16). The van der Waals surface area contributed by atoms with Gasteiger partial charge in [0.15, 0.2) is 0 Å². The molecule has 0 aliphatic rings. The summed E-state index contributed by atoms with van der Waals surface area (Å²) < 4.78 is 0. The number of rotatable bonds is 6. The van der Waals surface area contributed by atoms with Crippen LogP contribution in [0.15, 0.2) is 0 Å². The van der Waals surface area contributed by atoms with Crippen molar-refractivity contribution >= 4 is 30.4 Å². The van der Waals surface area contributed by atoms with Gasteiger partial charge in [0, 0.05) is 5.75 Å². The van der Waals surface area contributed by atoms with Gasteiger partial charge in [0.1, 0.15) is 12.1 Å². The van der Waals surface area contributed by atoms with E-state index in [4.69, 9.17) is 10.8 Å². The number of hydrogen-bond donors (Lipinski definition) is 5. The van der Waals surface area contributed by atoms with Crippen molar-refractivity contribution in [3.63, 3.8) is 0 Å². The second kappa shape index (κ2) is 7.13. The highest BCUT2D eigenvalue weighted by Crippen LogP contribution is 1.90. The summed E-state index contributed by atoms with van der Waals surface area (Å²) in [5.41, 5.74) is 5.40. The lowest BCUT2D eigenvalue weighted by Crippen LogP contribution is -2.53. The number of amides is 2. The van der Waals surface area contributed by atoms with Gasteiger partial charge in [-0.3, -0.25) is 14.4 Å². The van der Waals surface area contributed by atoms with Crippen molar-refractivity contribution in [2.75, 3.05) is 5.75 Å². The Morgan fingerprint density at radius 1 is 1.18 bits per heavy atom. The van der Waals surface area contributed by atoms with Gasteiger partial charge in [-0.1, -0.05) is 0 Å². The number of aliphatic carboxylic acids is 1. The van der Waals surface area contributed by atoms with Crippen molar-refractivity contribution in [1.29, 1.82) is 0 Å². The van der Waals surface area contributed by atoms with E-state index < -0.39 is 35.9 Å². The van der Waals surface area contributed by atoms with Gasteiger partial charge in [-0.2, -0.15) is 12.6 Å². The van der Waals surface area contributed by atoms with Crippen LogP contribution in [0.5, 0.6) is 0 Å². The first-order chi connectivity index (χ1) is 7.79. The molecule has 0 aromatic carbocycles. The van der Waals surface area contributed by atoms with Crippen molar-refractivity contribution in [1.82, 2.24) is 10.6 Å². The summed E-state index contributed by atoms with van der Waals surface area (Å²) in [7, 11) is 0. The minimum atomic E-state index is -1.15. The lowest BCUT2D eigenvalue weighted by Gasteiger charge is -2.17. The number of nitrogens with one attached hydrogen (secondary N) is 2. The van der Waals surface area contributed by atoms with Gasteiger partial charge < -0.3 is 21.5 Å². The summed E-state index contributed by atoms with van der Waals surface area (Å²) >= 11 is 3.85. The molecule has 17 heavy (non-hydrogen) atoms. The maximum absolute atomic E-state index is 11.5. The third-order valence-electron chi connectivity index (χ3n) is 2.01. The highest BCUT2D eigenvalue weighted by atomic mass is 32.1. The molecule has 0 aromatic rings. The average Bonchev–Trinajstić information content (AvgIpc) is 2.27. The van der Waals surface area contributed by atoms with Crippen LogP contribution in [0.2, 0.25) is 0 Å². The molecule has 7 nitrogen and oxygen atoms in total. The Hall–Kier alpha value is -1.28. The van der Waals surface area contributed by atoms with Gasteiger partial charge in [-0.15, -0.1) is 0 Å². The number of carbonyl (C=O) groups excluding carboxylic acids is 2. The number of carboxylic acids is 1. The Bertz CT molecular complexity index is 311. The number of thiol groups is 1. The number of nitrogens with two attached hydrogens (primary N) is 1. The molecule has 0 saturated carbocycles. The predicted molar refractivity (Wildman–Crippen MR) is 64.7 cm³/mol. The van der Waals surface area contributed by atoms with E-state index >= 15 is 0 Å². The van der Waals surface area contributed by atoms with Crippen molar-refractivity contribution in [3.05, 3.63) is 0 Å². The monoisotopic (exact) mass is 263 g/mol. The van der Waals surface area contributed by atoms with Crippen LogP contribution in [0.4, 0.5) is 0 Å². The molecule has 0 saturated heterocycles. The molecular weight excluding hydrogens is 246 g/mol. The van der Waals surface area contributed by atoms with Gasteiger partial charge in [0.2, 0.25) is 11.8 Å². The van der Waals surface area contributed by atoms with Crippen LogP contribution in [-0.4, -0.2) is 46.8 Å². The maximum Gasteiger partial charge on any atom is 0.325 e. The second-order valence-corrected chi connectivity index (χ2v) is 3.95. The summed E-state index contributed by atoms with van der Waals surface area (Å²) in [5, 5.41) is 13.2. The Balaban J connectivity index is 4.23. The van der Waals surface area contributed by atoms with Crippen molar-refractivity contribution in [3.8, 4) is 0 Å². The Kier molecular flexibility index (Phi) is 6.59. The molecule has 2 amide bonds. The molecule has 0 bridgehead atoms. The minimum Gasteiger partial charge on any atom is -0.480 e. The summed E-state index contributed by atoms with van der Waals surface area (Å²) in [6.07, 6.45) is 0. The third kappa shape index (κ3) is 5.55. The third-order valence-corrected chi connectivity index (χ3v) is 2.41. The molecule has 98 valence electrons. The van der Waals surface area contributed by atoms with Crippen LogP contribution >= 0.6 is 12.6 Å². The molecule has 8 heteroatoms. The average molecular weight is 263 g/mol. The van der Waals surface area contributed by atoms with E-state index in [1.807, 2.05) is 0 Å². The fraction of sp³-hybridized carbons (Fsp3) is 0.667. The van der Waals surface area contributed by atoms with Crippen LogP contribution in [0.1, 0.15) is 13.8 Å². The van der Waals surface area contributed by atoms with E-state index in [0.29, 0.717) is 0 Å². The van der Waals surface area contributed by atoms with Gasteiger partial charge in [-0.25, -0.2) is 0 Å². The first kappa shape index (κ1) is 15.7. The number of hydrogen-bond acceptors (Lipinski definition) is 5. The van der Waals surface area contributed by atoms with E-state index in [0.717, 1.165) is 0 Å². The Labute approximate surface area is 105 Å². The molecule has 0 heterocycles. The zero-order valence-electron chi connectivity index (χ0n) is 9.64. The predicted octanol–water partition coefficient (Wildman–Crippen LogP) is -1.66. The van der Waals surface area contributed by atoms with Crippen LogP contribution in [0, 0.1) is 0 Å². The zero-order valence-corrected chi connectivity index (χ0v) is 10.5. The van der Waals surface area contributed by atoms with Gasteiger partial charge in [0.25, 0.3) is 0 Å². The minimum absolute atomic E-state index is 0.158. The molecule has 5 N–H and O–H groups in total. The van der Waals surface area contributed by atoms with Crippen LogP contribution in [0.3, 0.4) is 0 Å². The van der Waals surface area contributed by atoms with Crippen molar-refractivity contribution < 1.29 is 19.5 Å². The van der Waals surface area contributed by atoms with E-state index in [-0.39, 0.29) is 5.75 Å². The smallest absolute Gasteiger partial charge is 0.325 e. The molecule has 3 atom stereocenters. The molecule has 0 aromatic heterocycles. The van der Waals surface area contributed by atoms with E-state index in [9.17, 15) is 14.4 Å². The molecule has 0 fully saturated rings. The second-order valence-electron chi connectivity index (χ2n) is 3.59. The van der Waals surface area contributed by atoms with Crippen LogP contribution < -0.4 is 16.4 Å². The summed E-state index contributed by atoms with van der Waals surface area (Å²) in [4.78, 5) is 33.3. The number of carboxylic acid groups (broad SMARTS) is 1. The molecule has 0 rings (SSSR count). The Morgan fingerprint density at radius 3 is 2.06 bits per heavy atom. The van der Waals surface area contributed by atoms with Crippen molar-refractivity contribution in [2.24, 2.45) is 5.73 Å². The SMILES string of the molecule is CC(NC(=O)C(C)NC(=O)C(N)CS)C(=O)O. The fourth-order valence-electron chi connectivity index (χ4n) is 0.869. The topological polar surface area (TPSA) is 122 Å². The largest absolute Gasteiger partial charge is 0.480 e. The van der Waals surface area contributed by atoms with E-state index in [1.54, 1.807) is 0 Å². The first-order valence-corrected chi connectivity index (χ1v) is 5.62. The quantitative estimate of drug-likeness (QED) is 0.367. The molecule has 0 aliphatic heterocycles. The van der Waals surface area contributed by atoms with Gasteiger partial charge in [0.05, 0.1) is 6.04 Å². The molecule has 0 radical (unpaired) electrons. The van der Waals surface area contributed by atoms with Crippen molar-refractivity contribution in [2.45, 2.75) is 32.0 Å². The Morgan fingerprint density at radius 2 is 1.65 bits per heavy atom. The van der Waals surface area contributed by atoms with Gasteiger partial charge >= 0.3 is 5.97 Å². The first-order valence-electron chi connectivity index (χ1n) is 4.99. The lowest BCUT2D eigenvalue weighted by atomic mass is 10.2. The van der Waals surface area contributed by atoms with Crippen LogP contribution in [-0.2, 0) is 14.4 Å². The van der Waals surface area contributed by atoms with E-state index in [1.165, 1.54) is 13.8 Å². The number of carbonyl (C=O) groups is 3. The summed E-state index contributed by atoms with van der Waals surface area (Å²) in [6.45, 7) is 2.77. The summed E-state index contributed by atoms with van der Waals surface area (Å²) in [6, 6.07) is -2.67. The van der Waals surface area contributed by atoms with E-state index in [2.05, 4.69) is 23.3 Å². The van der Waals surface area contributed by atoms with Gasteiger partial charge in [-0.05, 0) is 13.8 Å². The normalized spacial score (nSPS) is 15.5. The lowest BCUT2D eigenvalue weighted by molar-refractivity contribution is -0.141. The fourth-order valence-corrected chi connectivity index (χ4v) is 1.03. The maximum atomic E-state index is 11.5. The summed E-state index contributed by atoms with van der Waals surface area (Å²) in [5.74, 6) is -2.08.